The maximum absolute atomic E-state index is 13.8. The Balaban J connectivity index is 2.22. The van der Waals surface area contributed by atoms with E-state index in [-0.39, 0.29) is 19.0 Å². The summed E-state index contributed by atoms with van der Waals surface area (Å²) >= 11 is 6.05. The van der Waals surface area contributed by atoms with E-state index < -0.39 is 35.4 Å². The van der Waals surface area contributed by atoms with Crippen LogP contribution in [0.5, 0.6) is 0 Å². The monoisotopic (exact) mass is 443 g/mol. The lowest BCUT2D eigenvalue weighted by molar-refractivity contribution is -0.175. The summed E-state index contributed by atoms with van der Waals surface area (Å²) in [5.74, 6) is -2.93. The predicted molar refractivity (Wildman–Crippen MR) is 117 cm³/mol. The van der Waals surface area contributed by atoms with Crippen LogP contribution >= 0.6 is 11.6 Å². The zero-order valence-corrected chi connectivity index (χ0v) is 18.5. The fourth-order valence-electron chi connectivity index (χ4n) is 4.32. The lowest BCUT2D eigenvalue weighted by atomic mass is 9.67. The van der Waals surface area contributed by atoms with Crippen molar-refractivity contribution < 1.29 is 23.9 Å². The summed E-state index contributed by atoms with van der Waals surface area (Å²) in [4.78, 5) is 40.5. The van der Waals surface area contributed by atoms with Gasteiger partial charge >= 0.3 is 11.9 Å². The first-order valence-corrected chi connectivity index (χ1v) is 10.7. The minimum Gasteiger partial charge on any atom is -0.465 e. The molecule has 0 amide bonds. The number of nitrogens with one attached hydrogen (secondary N) is 1. The van der Waals surface area contributed by atoms with Gasteiger partial charge < -0.3 is 14.8 Å². The summed E-state index contributed by atoms with van der Waals surface area (Å²) in [7, 11) is 0. The predicted octanol–water partition coefficient (Wildman–Crippen LogP) is 3.98. The van der Waals surface area contributed by atoms with Gasteiger partial charge in [-0.25, -0.2) is 0 Å². The van der Waals surface area contributed by atoms with Crippen LogP contribution in [0.15, 0.2) is 54.6 Å². The molecule has 3 rings (SSSR count). The van der Waals surface area contributed by atoms with E-state index in [2.05, 4.69) is 5.32 Å². The highest BCUT2D eigenvalue weighted by Crippen LogP contribution is 2.50. The van der Waals surface area contributed by atoms with Crippen molar-refractivity contribution in [1.29, 1.82) is 0 Å². The third-order valence-corrected chi connectivity index (χ3v) is 5.98. The summed E-state index contributed by atoms with van der Waals surface area (Å²) in [5, 5.41) is 3.84. The van der Waals surface area contributed by atoms with Gasteiger partial charge in [0.15, 0.2) is 11.2 Å². The molecule has 6 nitrogen and oxygen atoms in total. The summed E-state index contributed by atoms with van der Waals surface area (Å²) in [5.41, 5.74) is -0.690. The van der Waals surface area contributed by atoms with Gasteiger partial charge in [-0.1, -0.05) is 54.1 Å². The summed E-state index contributed by atoms with van der Waals surface area (Å²) < 4.78 is 10.7. The van der Waals surface area contributed by atoms with Gasteiger partial charge in [0, 0.05) is 22.7 Å². The lowest BCUT2D eigenvalue weighted by Crippen LogP contribution is -2.54. The smallest absolute Gasteiger partial charge is 0.325 e. The molecule has 1 N–H and O–H groups in total. The molecule has 31 heavy (non-hydrogen) atoms. The zero-order valence-electron chi connectivity index (χ0n) is 17.8. The first-order chi connectivity index (χ1) is 14.9. The second-order valence-electron chi connectivity index (χ2n) is 7.44. The number of carbonyl (C=O) groups excluding carboxylic acids is 3. The molecule has 2 aromatic carbocycles. The molecule has 1 heterocycles. The Labute approximate surface area is 186 Å². The Morgan fingerprint density at radius 3 is 2.00 bits per heavy atom. The minimum atomic E-state index is -1.83. The number of benzene rings is 2. The molecule has 0 radical (unpaired) electrons. The molecule has 0 bridgehead atoms. The second kappa shape index (κ2) is 9.62. The normalized spacial score (nSPS) is 22.0. The van der Waals surface area contributed by atoms with Crippen LogP contribution in [0.4, 0.5) is 0 Å². The molecular weight excluding hydrogens is 418 g/mol. The summed E-state index contributed by atoms with van der Waals surface area (Å²) in [6.45, 7) is 5.17. The van der Waals surface area contributed by atoms with Crippen LogP contribution in [0.3, 0.4) is 0 Å². The summed E-state index contributed by atoms with van der Waals surface area (Å²) in [6.07, 6.45) is 0. The van der Waals surface area contributed by atoms with Crippen molar-refractivity contribution in [2.45, 2.75) is 32.9 Å². The first-order valence-electron chi connectivity index (χ1n) is 10.3. The maximum Gasteiger partial charge on any atom is 0.325 e. The van der Waals surface area contributed by atoms with Crippen LogP contribution in [0.25, 0.3) is 0 Å². The van der Waals surface area contributed by atoms with Crippen molar-refractivity contribution in [1.82, 2.24) is 5.32 Å². The van der Waals surface area contributed by atoms with Crippen LogP contribution in [0, 0.1) is 11.3 Å². The molecule has 0 unspecified atom stereocenters. The minimum absolute atomic E-state index is 0.0740. The second-order valence-corrected chi connectivity index (χ2v) is 7.87. The highest BCUT2D eigenvalue weighted by molar-refractivity contribution is 6.30. The first kappa shape index (κ1) is 23.0. The fraction of sp³-hybridized carbons (Fsp3) is 0.375. The molecule has 0 spiro atoms. The van der Waals surface area contributed by atoms with Crippen molar-refractivity contribution in [3.8, 4) is 0 Å². The van der Waals surface area contributed by atoms with Crippen LogP contribution in [0.1, 0.15) is 42.7 Å². The molecule has 1 aliphatic rings. The SMILES string of the molecule is CCOC(=O)C1(C(=O)OCC)[C@H](C(=O)c2ccccc2)[C@H](c2ccc(Cl)cc2)N[C@@H]1C. The number of hydrogen-bond donors (Lipinski definition) is 1. The Morgan fingerprint density at radius 1 is 0.935 bits per heavy atom. The largest absolute Gasteiger partial charge is 0.465 e. The number of halogens is 1. The van der Waals surface area contributed by atoms with Crippen LogP contribution in [0.2, 0.25) is 5.02 Å². The van der Waals surface area contributed by atoms with Gasteiger partial charge in [0.2, 0.25) is 0 Å². The maximum atomic E-state index is 13.8. The molecule has 3 atom stereocenters. The van der Waals surface area contributed by atoms with Crippen LogP contribution in [-0.2, 0) is 19.1 Å². The Bertz CT molecular complexity index is 926. The van der Waals surface area contributed by atoms with Crippen molar-refractivity contribution >= 4 is 29.3 Å². The average molecular weight is 444 g/mol. The van der Waals surface area contributed by atoms with Crippen molar-refractivity contribution in [2.24, 2.45) is 11.3 Å². The standard InChI is InChI=1S/C24H26ClNO5/c1-4-30-22(28)24(23(29)31-5-2)15(3)26-20(16-11-13-18(25)14-12-16)19(24)21(27)17-9-7-6-8-10-17/h6-15,19-20,26H,4-5H2,1-3H3/t15-,19+,20+/m1/s1. The van der Waals surface area contributed by atoms with Gasteiger partial charge in [-0.2, -0.15) is 0 Å². The molecule has 0 aromatic heterocycles. The van der Waals surface area contributed by atoms with Gasteiger partial charge in [0.1, 0.15) is 0 Å². The molecule has 7 heteroatoms. The Kier molecular flexibility index (Phi) is 7.13. The van der Waals surface area contributed by atoms with E-state index in [0.717, 1.165) is 5.56 Å². The number of esters is 2. The highest BCUT2D eigenvalue weighted by Gasteiger charge is 2.67. The van der Waals surface area contributed by atoms with E-state index in [9.17, 15) is 14.4 Å². The third-order valence-electron chi connectivity index (χ3n) is 5.73. The number of carbonyl (C=O) groups is 3. The van der Waals surface area contributed by atoms with Crippen LogP contribution in [-0.4, -0.2) is 37.0 Å². The third kappa shape index (κ3) is 4.10. The van der Waals surface area contributed by atoms with E-state index in [1.165, 1.54) is 0 Å². The molecule has 1 aliphatic heterocycles. The number of ether oxygens (including phenoxy) is 2. The van der Waals surface area contributed by atoms with Crippen molar-refractivity contribution in [3.63, 3.8) is 0 Å². The van der Waals surface area contributed by atoms with Crippen molar-refractivity contribution in [2.75, 3.05) is 13.2 Å². The molecule has 2 aromatic rings. The Hall–Kier alpha value is -2.70. The Morgan fingerprint density at radius 2 is 1.48 bits per heavy atom. The van der Waals surface area contributed by atoms with Gasteiger partial charge in [0.05, 0.1) is 19.1 Å². The number of Topliss-reactive ketones (excluding diaryl/α,β-unsaturated/α-hetero) is 1. The molecule has 1 fully saturated rings. The topological polar surface area (TPSA) is 81.7 Å². The lowest BCUT2D eigenvalue weighted by Gasteiger charge is -2.33. The van der Waals surface area contributed by atoms with Gasteiger partial charge in [-0.05, 0) is 38.5 Å². The van der Waals surface area contributed by atoms with Gasteiger partial charge in [-0.3, -0.25) is 14.4 Å². The molecule has 164 valence electrons. The van der Waals surface area contributed by atoms with E-state index in [1.54, 1.807) is 75.4 Å². The molecular formula is C24H26ClNO5. The van der Waals surface area contributed by atoms with E-state index >= 15 is 0 Å². The average Bonchev–Trinajstić information content (AvgIpc) is 3.08. The summed E-state index contributed by atoms with van der Waals surface area (Å²) in [6, 6.07) is 14.3. The van der Waals surface area contributed by atoms with Gasteiger partial charge in [-0.15, -0.1) is 0 Å². The highest BCUT2D eigenvalue weighted by atomic mass is 35.5. The van der Waals surface area contributed by atoms with E-state index in [1.807, 2.05) is 0 Å². The number of ketones is 1. The van der Waals surface area contributed by atoms with Gasteiger partial charge in [0.25, 0.3) is 0 Å². The van der Waals surface area contributed by atoms with E-state index in [0.29, 0.717) is 10.6 Å². The van der Waals surface area contributed by atoms with Crippen LogP contribution < -0.4 is 5.32 Å². The molecule has 1 saturated heterocycles. The van der Waals surface area contributed by atoms with E-state index in [4.69, 9.17) is 21.1 Å². The number of hydrogen-bond acceptors (Lipinski definition) is 6. The quantitative estimate of drug-likeness (QED) is 0.396. The van der Waals surface area contributed by atoms with Crippen molar-refractivity contribution in [3.05, 3.63) is 70.7 Å². The zero-order chi connectivity index (χ0) is 22.6. The molecule has 0 saturated carbocycles. The number of rotatable bonds is 7. The molecule has 0 aliphatic carbocycles. The fourth-order valence-corrected chi connectivity index (χ4v) is 4.45.